The van der Waals surface area contributed by atoms with Crippen molar-refractivity contribution < 1.29 is 9.69 Å². The predicted octanol–water partition coefficient (Wildman–Crippen LogP) is 1.50. The van der Waals surface area contributed by atoms with Crippen LogP contribution in [0.25, 0.3) is 0 Å². The lowest BCUT2D eigenvalue weighted by Gasteiger charge is -2.27. The van der Waals surface area contributed by atoms with Crippen LogP contribution in [-0.4, -0.2) is 25.5 Å². The van der Waals surface area contributed by atoms with Crippen LogP contribution in [0.2, 0.25) is 0 Å². The first-order valence-electron chi connectivity index (χ1n) is 7.39. The molecule has 0 saturated carbocycles. The second-order valence-electron chi connectivity index (χ2n) is 5.73. The van der Waals surface area contributed by atoms with Crippen LogP contribution in [0.15, 0.2) is 24.3 Å². The standard InChI is InChI=1S/C16H24N2O/c1-3-14-6-8-15(9-7-14)17-16(19)12-18-10-4-5-13(2)11-18/h6-9,13H,3-5,10-12H2,1-2H3,(H,17,19)/p+1/t13-/m1/s1. The molecular formula is C16H25N2O+. The van der Waals surface area contributed by atoms with E-state index in [1.165, 1.54) is 23.3 Å². The van der Waals surface area contributed by atoms with Crippen molar-refractivity contribution in [3.63, 3.8) is 0 Å². The van der Waals surface area contributed by atoms with E-state index < -0.39 is 0 Å². The van der Waals surface area contributed by atoms with Crippen molar-refractivity contribution in [2.45, 2.75) is 33.1 Å². The Labute approximate surface area is 116 Å². The van der Waals surface area contributed by atoms with E-state index in [0.717, 1.165) is 31.1 Å². The summed E-state index contributed by atoms with van der Waals surface area (Å²) < 4.78 is 0. The van der Waals surface area contributed by atoms with Gasteiger partial charge in [0, 0.05) is 11.6 Å². The molecule has 2 atom stereocenters. The summed E-state index contributed by atoms with van der Waals surface area (Å²) in [4.78, 5) is 13.4. The Morgan fingerprint density at radius 1 is 1.37 bits per heavy atom. The summed E-state index contributed by atoms with van der Waals surface area (Å²) >= 11 is 0. The molecular weight excluding hydrogens is 236 g/mol. The average Bonchev–Trinajstić information content (AvgIpc) is 2.39. The quantitative estimate of drug-likeness (QED) is 0.846. The van der Waals surface area contributed by atoms with E-state index in [9.17, 15) is 4.79 Å². The maximum Gasteiger partial charge on any atom is 0.279 e. The lowest BCUT2D eigenvalue weighted by Crippen LogP contribution is -3.14. The highest BCUT2D eigenvalue weighted by Gasteiger charge is 2.21. The van der Waals surface area contributed by atoms with Crippen molar-refractivity contribution in [3.8, 4) is 0 Å². The van der Waals surface area contributed by atoms with Crippen molar-refractivity contribution in [3.05, 3.63) is 29.8 Å². The minimum Gasteiger partial charge on any atom is -0.327 e. The van der Waals surface area contributed by atoms with Gasteiger partial charge < -0.3 is 10.2 Å². The van der Waals surface area contributed by atoms with Gasteiger partial charge in [-0.3, -0.25) is 4.79 Å². The van der Waals surface area contributed by atoms with E-state index in [1.807, 2.05) is 12.1 Å². The summed E-state index contributed by atoms with van der Waals surface area (Å²) in [6.07, 6.45) is 3.59. The molecule has 1 aromatic rings. The Bertz CT molecular complexity index is 413. The van der Waals surface area contributed by atoms with E-state index in [0.29, 0.717) is 6.54 Å². The van der Waals surface area contributed by atoms with Gasteiger partial charge in [-0.2, -0.15) is 0 Å². The number of piperidine rings is 1. The van der Waals surface area contributed by atoms with Crippen molar-refractivity contribution >= 4 is 11.6 Å². The SMILES string of the molecule is CCc1ccc(NC(=O)C[NH+]2CCC[C@@H](C)C2)cc1. The maximum atomic E-state index is 12.0. The Balaban J connectivity index is 1.83. The highest BCUT2D eigenvalue weighted by molar-refractivity contribution is 5.91. The van der Waals surface area contributed by atoms with Crippen LogP contribution in [0, 0.1) is 5.92 Å². The number of rotatable bonds is 4. The third kappa shape index (κ3) is 4.35. The molecule has 1 heterocycles. The van der Waals surface area contributed by atoms with Gasteiger partial charge in [0.1, 0.15) is 0 Å². The number of hydrogen-bond acceptors (Lipinski definition) is 1. The lowest BCUT2D eigenvalue weighted by atomic mass is 10.0. The Morgan fingerprint density at radius 2 is 2.11 bits per heavy atom. The van der Waals surface area contributed by atoms with Crippen LogP contribution in [0.4, 0.5) is 5.69 Å². The van der Waals surface area contributed by atoms with E-state index >= 15 is 0 Å². The number of likely N-dealkylation sites (tertiary alicyclic amines) is 1. The van der Waals surface area contributed by atoms with Gasteiger partial charge in [0.05, 0.1) is 13.1 Å². The first-order valence-corrected chi connectivity index (χ1v) is 7.39. The fourth-order valence-electron chi connectivity index (χ4n) is 2.81. The molecule has 1 unspecified atom stereocenters. The second-order valence-corrected chi connectivity index (χ2v) is 5.73. The fourth-order valence-corrected chi connectivity index (χ4v) is 2.81. The lowest BCUT2D eigenvalue weighted by molar-refractivity contribution is -0.900. The molecule has 0 spiro atoms. The molecule has 1 saturated heterocycles. The van der Waals surface area contributed by atoms with Gasteiger partial charge >= 0.3 is 0 Å². The zero-order valence-electron chi connectivity index (χ0n) is 12.0. The summed E-state index contributed by atoms with van der Waals surface area (Å²) in [7, 11) is 0. The number of anilines is 1. The highest BCUT2D eigenvalue weighted by Crippen LogP contribution is 2.09. The minimum absolute atomic E-state index is 0.133. The van der Waals surface area contributed by atoms with Gasteiger partial charge in [-0.25, -0.2) is 0 Å². The molecule has 19 heavy (non-hydrogen) atoms. The van der Waals surface area contributed by atoms with Gasteiger partial charge in [-0.1, -0.05) is 26.0 Å². The largest absolute Gasteiger partial charge is 0.327 e. The van der Waals surface area contributed by atoms with Crippen LogP contribution in [0.1, 0.15) is 32.3 Å². The van der Waals surface area contributed by atoms with Gasteiger partial charge in [-0.05, 0) is 37.0 Å². The smallest absolute Gasteiger partial charge is 0.279 e. The number of nitrogens with one attached hydrogen (secondary N) is 2. The van der Waals surface area contributed by atoms with Crippen LogP contribution >= 0.6 is 0 Å². The van der Waals surface area contributed by atoms with Gasteiger partial charge in [0.15, 0.2) is 6.54 Å². The molecule has 1 aliphatic heterocycles. The van der Waals surface area contributed by atoms with Gasteiger partial charge in [0.2, 0.25) is 0 Å². The molecule has 0 aromatic heterocycles. The molecule has 0 aliphatic carbocycles. The number of hydrogen-bond donors (Lipinski definition) is 2. The number of carbonyl (C=O) groups is 1. The van der Waals surface area contributed by atoms with Crippen molar-refractivity contribution in [2.24, 2.45) is 5.92 Å². The van der Waals surface area contributed by atoms with E-state index in [1.54, 1.807) is 0 Å². The molecule has 3 nitrogen and oxygen atoms in total. The summed E-state index contributed by atoms with van der Waals surface area (Å²) in [5.74, 6) is 0.883. The normalized spacial score (nSPS) is 23.1. The summed E-state index contributed by atoms with van der Waals surface area (Å²) in [6.45, 7) is 7.27. The first kappa shape index (κ1) is 14.1. The third-order valence-electron chi connectivity index (χ3n) is 3.92. The number of carbonyl (C=O) groups excluding carboxylic acids is 1. The molecule has 0 bridgehead atoms. The van der Waals surface area contributed by atoms with Crippen LogP contribution < -0.4 is 10.2 Å². The second kappa shape index (κ2) is 6.71. The number of quaternary nitrogens is 1. The number of aryl methyl sites for hydroxylation is 1. The van der Waals surface area contributed by atoms with Gasteiger partial charge in [-0.15, -0.1) is 0 Å². The van der Waals surface area contributed by atoms with Gasteiger partial charge in [0.25, 0.3) is 5.91 Å². The molecule has 1 fully saturated rings. The molecule has 2 rings (SSSR count). The topological polar surface area (TPSA) is 33.5 Å². The Hall–Kier alpha value is -1.35. The molecule has 3 heteroatoms. The van der Waals surface area contributed by atoms with E-state index in [4.69, 9.17) is 0 Å². The molecule has 1 amide bonds. The van der Waals surface area contributed by atoms with Crippen LogP contribution in [0.5, 0.6) is 0 Å². The number of amides is 1. The Kier molecular flexibility index (Phi) is 4.97. The van der Waals surface area contributed by atoms with Crippen molar-refractivity contribution in [1.29, 1.82) is 0 Å². The summed E-state index contributed by atoms with van der Waals surface area (Å²) in [6, 6.07) is 8.13. The summed E-state index contributed by atoms with van der Waals surface area (Å²) in [5.41, 5.74) is 2.21. The molecule has 0 radical (unpaired) electrons. The van der Waals surface area contributed by atoms with Crippen LogP contribution in [-0.2, 0) is 11.2 Å². The predicted molar refractivity (Wildman–Crippen MR) is 78.4 cm³/mol. The monoisotopic (exact) mass is 261 g/mol. The summed E-state index contributed by atoms with van der Waals surface area (Å²) in [5, 5.41) is 3.00. The van der Waals surface area contributed by atoms with Crippen LogP contribution in [0.3, 0.4) is 0 Å². The highest BCUT2D eigenvalue weighted by atomic mass is 16.2. The third-order valence-corrected chi connectivity index (χ3v) is 3.92. The van der Waals surface area contributed by atoms with Crippen molar-refractivity contribution in [1.82, 2.24) is 0 Å². The zero-order valence-corrected chi connectivity index (χ0v) is 12.0. The molecule has 2 N–H and O–H groups in total. The maximum absolute atomic E-state index is 12.0. The number of benzene rings is 1. The molecule has 1 aliphatic rings. The average molecular weight is 261 g/mol. The fraction of sp³-hybridized carbons (Fsp3) is 0.562. The molecule has 1 aromatic carbocycles. The Morgan fingerprint density at radius 3 is 2.74 bits per heavy atom. The first-order chi connectivity index (χ1) is 9.17. The zero-order chi connectivity index (χ0) is 13.7. The minimum atomic E-state index is 0.133. The van der Waals surface area contributed by atoms with E-state index in [-0.39, 0.29) is 5.91 Å². The van der Waals surface area contributed by atoms with Crippen molar-refractivity contribution in [2.75, 3.05) is 25.0 Å². The molecule has 104 valence electrons. The van der Waals surface area contributed by atoms with E-state index in [2.05, 4.69) is 31.3 Å².